The van der Waals surface area contributed by atoms with Crippen LogP contribution in [-0.4, -0.2) is 75.5 Å². The molecule has 0 aromatic rings. The van der Waals surface area contributed by atoms with Gasteiger partial charge in [-0.15, -0.1) is 0 Å². The number of carboxylic acids is 1. The molecule has 2 atom stereocenters. The summed E-state index contributed by atoms with van der Waals surface area (Å²) >= 11 is 0. The number of esters is 2. The molecule has 0 aromatic heterocycles. The van der Waals surface area contributed by atoms with Gasteiger partial charge in [0.1, 0.15) is 12.6 Å². The summed E-state index contributed by atoms with van der Waals surface area (Å²) in [7, 11) is 5.40. The van der Waals surface area contributed by atoms with Crippen molar-refractivity contribution in [2.75, 3.05) is 41.0 Å². The molecule has 0 fully saturated rings. The normalized spacial score (nSPS) is 13.2. The van der Waals surface area contributed by atoms with E-state index in [1.54, 1.807) is 21.1 Å². The maximum Gasteiger partial charge on any atom is 0.306 e. The standard InChI is InChI=1S/C49H89NO7/c1-6-8-10-12-14-16-18-20-22-23-24-26-27-29-31-33-35-37-39-47(51)56-44-45(43-55-42-41-46(49(53)54)50(3,4)5)57-48(52)40-38-36-34-32-30-28-25-21-19-17-15-13-11-9-7-2/h17,19,22-24,26,45-46H,6-16,18,20-21,25,27-44H2,1-5H3/b19-17+,23-22+,26-24+. The Morgan fingerprint density at radius 2 is 0.930 bits per heavy atom. The highest BCUT2D eigenvalue weighted by Crippen LogP contribution is 2.14. The van der Waals surface area contributed by atoms with Crippen molar-refractivity contribution in [3.05, 3.63) is 36.5 Å². The van der Waals surface area contributed by atoms with Gasteiger partial charge in [0.05, 0.1) is 40.3 Å². The first-order chi connectivity index (χ1) is 27.6. The highest BCUT2D eigenvalue weighted by Gasteiger charge is 2.25. The number of carbonyl (C=O) groups is 3. The van der Waals surface area contributed by atoms with Crippen LogP contribution >= 0.6 is 0 Å². The summed E-state index contributed by atoms with van der Waals surface area (Å²) < 4.78 is 17.2. The summed E-state index contributed by atoms with van der Waals surface area (Å²) in [6.45, 7) is 4.63. The molecule has 0 heterocycles. The molecule has 0 aliphatic carbocycles. The van der Waals surface area contributed by atoms with Gasteiger partial charge in [-0.25, -0.2) is 0 Å². The zero-order valence-corrected chi connectivity index (χ0v) is 37.8. The van der Waals surface area contributed by atoms with E-state index in [4.69, 9.17) is 14.2 Å². The van der Waals surface area contributed by atoms with Crippen molar-refractivity contribution < 1.29 is 38.2 Å². The summed E-state index contributed by atoms with van der Waals surface area (Å²) in [5, 5.41) is 11.6. The van der Waals surface area contributed by atoms with Crippen LogP contribution in [0.2, 0.25) is 0 Å². The lowest BCUT2D eigenvalue weighted by molar-refractivity contribution is -0.889. The van der Waals surface area contributed by atoms with Crippen molar-refractivity contribution >= 4 is 17.9 Å². The molecule has 0 saturated heterocycles. The van der Waals surface area contributed by atoms with Crippen LogP contribution in [0.3, 0.4) is 0 Å². The topological polar surface area (TPSA) is 102 Å². The largest absolute Gasteiger partial charge is 0.544 e. The number of quaternary nitrogens is 1. The van der Waals surface area contributed by atoms with Crippen LogP contribution in [0.25, 0.3) is 0 Å². The van der Waals surface area contributed by atoms with Crippen molar-refractivity contribution in [2.45, 2.75) is 219 Å². The van der Waals surface area contributed by atoms with Crippen molar-refractivity contribution in [1.82, 2.24) is 0 Å². The van der Waals surface area contributed by atoms with Gasteiger partial charge in [-0.05, 0) is 64.2 Å². The van der Waals surface area contributed by atoms with E-state index in [9.17, 15) is 19.5 Å². The second-order valence-corrected chi connectivity index (χ2v) is 17.0. The molecule has 332 valence electrons. The van der Waals surface area contributed by atoms with Crippen molar-refractivity contribution in [2.24, 2.45) is 0 Å². The van der Waals surface area contributed by atoms with Crippen LogP contribution in [0, 0.1) is 0 Å². The first kappa shape index (κ1) is 54.6. The second kappa shape index (κ2) is 40.3. The van der Waals surface area contributed by atoms with E-state index < -0.39 is 18.1 Å². The lowest BCUT2D eigenvalue weighted by Crippen LogP contribution is -2.55. The Balaban J connectivity index is 4.33. The van der Waals surface area contributed by atoms with Gasteiger partial charge in [0.2, 0.25) is 0 Å². The average molecular weight is 804 g/mol. The number of hydrogen-bond donors (Lipinski definition) is 0. The Morgan fingerprint density at radius 1 is 0.526 bits per heavy atom. The predicted octanol–water partition coefficient (Wildman–Crippen LogP) is 11.7. The molecular formula is C49H89NO7. The maximum atomic E-state index is 12.7. The third-order valence-electron chi connectivity index (χ3n) is 10.5. The third kappa shape index (κ3) is 38.8. The lowest BCUT2D eigenvalue weighted by atomic mass is 10.1. The molecule has 0 aliphatic heterocycles. The summed E-state index contributed by atoms with van der Waals surface area (Å²) in [6, 6.07) is -0.728. The minimum absolute atomic E-state index is 0.0351. The molecule has 0 rings (SSSR count). The Labute approximate surface area is 351 Å². The lowest BCUT2D eigenvalue weighted by Gasteiger charge is -2.34. The van der Waals surface area contributed by atoms with E-state index in [1.807, 2.05) is 0 Å². The zero-order chi connectivity index (χ0) is 42.1. The Bertz CT molecular complexity index is 1030. The quantitative estimate of drug-likeness (QED) is 0.0199. The fraction of sp³-hybridized carbons (Fsp3) is 0.816. The Morgan fingerprint density at radius 3 is 1.39 bits per heavy atom. The number of unbranched alkanes of at least 4 members (excludes halogenated alkanes) is 23. The molecule has 0 bridgehead atoms. The molecule has 57 heavy (non-hydrogen) atoms. The first-order valence-electron chi connectivity index (χ1n) is 23.5. The summed E-state index contributed by atoms with van der Waals surface area (Å²) in [5.74, 6) is -1.75. The number of ether oxygens (including phenoxy) is 3. The highest BCUT2D eigenvalue weighted by molar-refractivity contribution is 5.70. The smallest absolute Gasteiger partial charge is 0.306 e. The number of carbonyl (C=O) groups excluding carboxylic acids is 3. The third-order valence-corrected chi connectivity index (χ3v) is 10.5. The SMILES string of the molecule is CCCCCC/C=C/CCCCCCCCCC(=O)OC(COCCC(C(=O)[O-])[N+](C)(C)C)COC(=O)CCCCCCC/C=C/C=C/CCCCCCCCC. The van der Waals surface area contributed by atoms with Gasteiger partial charge >= 0.3 is 11.9 Å². The van der Waals surface area contributed by atoms with E-state index in [-0.39, 0.29) is 42.7 Å². The van der Waals surface area contributed by atoms with Gasteiger partial charge in [0, 0.05) is 19.3 Å². The fourth-order valence-corrected chi connectivity index (χ4v) is 6.82. The fourth-order valence-electron chi connectivity index (χ4n) is 6.82. The number of hydrogen-bond acceptors (Lipinski definition) is 7. The van der Waals surface area contributed by atoms with Gasteiger partial charge in [-0.3, -0.25) is 9.59 Å². The molecule has 0 radical (unpaired) electrons. The van der Waals surface area contributed by atoms with Gasteiger partial charge in [-0.1, -0.05) is 159 Å². The first-order valence-corrected chi connectivity index (χ1v) is 23.5. The molecule has 8 heteroatoms. The Kier molecular flexibility index (Phi) is 38.6. The molecule has 8 nitrogen and oxygen atoms in total. The number of allylic oxidation sites excluding steroid dienone is 6. The molecular weight excluding hydrogens is 715 g/mol. The second-order valence-electron chi connectivity index (χ2n) is 17.0. The highest BCUT2D eigenvalue weighted by atomic mass is 16.6. The van der Waals surface area contributed by atoms with Crippen molar-refractivity contribution in [1.29, 1.82) is 0 Å². The minimum Gasteiger partial charge on any atom is -0.544 e. The number of nitrogens with zero attached hydrogens (tertiary/aromatic N) is 1. The van der Waals surface area contributed by atoms with Crippen molar-refractivity contribution in [3.63, 3.8) is 0 Å². The molecule has 2 unspecified atom stereocenters. The van der Waals surface area contributed by atoms with Gasteiger partial charge in [-0.2, -0.15) is 0 Å². The van der Waals surface area contributed by atoms with Crippen molar-refractivity contribution in [3.8, 4) is 0 Å². The summed E-state index contributed by atoms with van der Waals surface area (Å²) in [4.78, 5) is 36.9. The monoisotopic (exact) mass is 804 g/mol. The van der Waals surface area contributed by atoms with Crippen LogP contribution < -0.4 is 5.11 Å². The number of likely N-dealkylation sites (N-methyl/N-ethyl adjacent to an activating group) is 1. The number of carboxylic acid groups (broad SMARTS) is 1. The van der Waals surface area contributed by atoms with E-state index in [0.29, 0.717) is 12.8 Å². The molecule has 0 spiro atoms. The van der Waals surface area contributed by atoms with Gasteiger partial charge in [0.25, 0.3) is 0 Å². The Hall–Kier alpha value is -2.45. The van der Waals surface area contributed by atoms with Crippen LogP contribution in [-0.2, 0) is 28.6 Å². The van der Waals surface area contributed by atoms with Crippen LogP contribution in [0.1, 0.15) is 206 Å². The van der Waals surface area contributed by atoms with Crippen LogP contribution in [0.4, 0.5) is 0 Å². The van der Waals surface area contributed by atoms with E-state index in [1.165, 1.54) is 116 Å². The van der Waals surface area contributed by atoms with Gasteiger partial charge < -0.3 is 28.6 Å². The van der Waals surface area contributed by atoms with E-state index in [2.05, 4.69) is 50.3 Å². The number of rotatable bonds is 42. The number of aliphatic carboxylic acids is 1. The van der Waals surface area contributed by atoms with Gasteiger partial charge in [0.15, 0.2) is 6.10 Å². The average Bonchev–Trinajstić information content (AvgIpc) is 3.17. The summed E-state index contributed by atoms with van der Waals surface area (Å²) in [5.41, 5.74) is 0. The molecule has 0 amide bonds. The molecule has 0 aromatic carbocycles. The molecule has 0 N–H and O–H groups in total. The maximum absolute atomic E-state index is 12.7. The minimum atomic E-state index is -1.13. The molecule has 0 aliphatic rings. The van der Waals surface area contributed by atoms with E-state index in [0.717, 1.165) is 57.8 Å². The zero-order valence-electron chi connectivity index (χ0n) is 37.8. The van der Waals surface area contributed by atoms with Crippen LogP contribution in [0.15, 0.2) is 36.5 Å². The molecule has 0 saturated carbocycles. The van der Waals surface area contributed by atoms with Crippen LogP contribution in [0.5, 0.6) is 0 Å². The predicted molar refractivity (Wildman–Crippen MR) is 236 cm³/mol. The summed E-state index contributed by atoms with van der Waals surface area (Å²) in [6.07, 6.45) is 45.9. The van der Waals surface area contributed by atoms with E-state index >= 15 is 0 Å².